The Labute approximate surface area is 165 Å². The fraction of sp³-hybridized carbons (Fsp3) is 0.0526. The maximum atomic E-state index is 13.2. The van der Waals surface area contributed by atoms with Gasteiger partial charge in [0.25, 0.3) is 11.8 Å². The van der Waals surface area contributed by atoms with E-state index in [9.17, 15) is 9.59 Å². The zero-order valence-electron chi connectivity index (χ0n) is 13.4. The monoisotopic (exact) mass is 440 g/mol. The molecule has 0 unspecified atom stereocenters. The minimum absolute atomic E-state index is 0.129. The van der Waals surface area contributed by atoms with E-state index >= 15 is 0 Å². The van der Waals surface area contributed by atoms with Gasteiger partial charge in [-0.3, -0.25) is 19.4 Å². The number of rotatable bonds is 0. The number of hydrogen-bond acceptors (Lipinski definition) is 4. The molecule has 0 aromatic carbocycles. The fourth-order valence-electron chi connectivity index (χ4n) is 3.96. The molecule has 0 saturated carbocycles. The number of fused-ring (bicyclic) bond motifs is 7. The van der Waals surface area contributed by atoms with Crippen LogP contribution in [0.2, 0.25) is 0 Å². The number of thiophene rings is 2. The lowest BCUT2D eigenvalue weighted by molar-refractivity contribution is -0.122. The van der Waals surface area contributed by atoms with Gasteiger partial charge in [-0.15, -0.1) is 22.7 Å². The maximum Gasteiger partial charge on any atom is 0.265 e. The van der Waals surface area contributed by atoms with Gasteiger partial charge in [-0.1, -0.05) is 0 Å². The van der Waals surface area contributed by atoms with Gasteiger partial charge >= 0.3 is 0 Å². The van der Waals surface area contributed by atoms with Crippen LogP contribution < -0.4 is 0 Å². The lowest BCUT2D eigenvalue weighted by Gasteiger charge is -2.24. The van der Waals surface area contributed by atoms with E-state index in [1.807, 2.05) is 25.1 Å². The highest BCUT2D eigenvalue weighted by Gasteiger charge is 2.50. The van der Waals surface area contributed by atoms with E-state index < -0.39 is 0 Å². The van der Waals surface area contributed by atoms with Crippen LogP contribution in [0.15, 0.2) is 39.5 Å². The van der Waals surface area contributed by atoms with E-state index in [1.165, 1.54) is 0 Å². The van der Waals surface area contributed by atoms with E-state index in [2.05, 4.69) is 22.0 Å². The van der Waals surface area contributed by atoms with Crippen LogP contribution in [0.25, 0.3) is 23.5 Å². The van der Waals surface area contributed by atoms with E-state index in [-0.39, 0.29) is 11.8 Å². The highest BCUT2D eigenvalue weighted by Crippen LogP contribution is 2.52. The van der Waals surface area contributed by atoms with Gasteiger partial charge in [0, 0.05) is 38.2 Å². The van der Waals surface area contributed by atoms with Crippen molar-refractivity contribution < 1.29 is 9.59 Å². The molecule has 2 aromatic heterocycles. The Kier molecular flexibility index (Phi) is 2.71. The van der Waals surface area contributed by atoms with Crippen LogP contribution in [0.3, 0.4) is 0 Å². The van der Waals surface area contributed by atoms with Crippen LogP contribution in [0.4, 0.5) is 0 Å². The van der Waals surface area contributed by atoms with Gasteiger partial charge in [-0.2, -0.15) is 0 Å². The second kappa shape index (κ2) is 4.73. The van der Waals surface area contributed by atoms with Gasteiger partial charge in [0.15, 0.2) is 0 Å². The minimum Gasteiger partial charge on any atom is -0.282 e. The molecule has 0 atom stereocenters. The van der Waals surface area contributed by atoms with Crippen molar-refractivity contribution in [3.8, 4) is 0 Å². The quantitative estimate of drug-likeness (QED) is 0.597. The molecule has 6 heterocycles. The molecule has 0 spiro atoms. The molecule has 7 heteroatoms. The highest BCUT2D eigenvalue weighted by atomic mass is 79.9. The first-order chi connectivity index (χ1) is 12.5. The predicted molar refractivity (Wildman–Crippen MR) is 107 cm³/mol. The lowest BCUT2D eigenvalue weighted by Crippen LogP contribution is -2.26. The van der Waals surface area contributed by atoms with Crippen molar-refractivity contribution in [2.24, 2.45) is 0 Å². The van der Waals surface area contributed by atoms with Crippen LogP contribution in [0, 0.1) is 6.92 Å². The number of amides is 2. The standard InChI is InChI=1S/C19H9BrN2O2S2/c1-8-6-9-11(25-8)2-4-21-16(9)14-15(19(21)24)17-10-7-13(20)26-12(10)3-5-22(17)18(14)23/h2-7H,1H3. The lowest BCUT2D eigenvalue weighted by atomic mass is 10.0. The number of hydrogen-bond donors (Lipinski definition) is 0. The molecule has 6 rings (SSSR count). The average molecular weight is 441 g/mol. The Morgan fingerprint density at radius 3 is 2.00 bits per heavy atom. The van der Waals surface area contributed by atoms with Crippen LogP contribution in [0.1, 0.15) is 25.8 Å². The molecule has 4 aliphatic heterocycles. The molecule has 2 amide bonds. The molecule has 4 aliphatic rings. The summed E-state index contributed by atoms with van der Waals surface area (Å²) in [5.74, 6) is -0.259. The molecular formula is C19H9BrN2O2S2. The summed E-state index contributed by atoms with van der Waals surface area (Å²) in [5.41, 5.74) is 4.37. The fourth-order valence-corrected chi connectivity index (χ4v) is 6.41. The first kappa shape index (κ1) is 14.9. The molecule has 126 valence electrons. The minimum atomic E-state index is -0.129. The molecule has 0 aliphatic carbocycles. The summed E-state index contributed by atoms with van der Waals surface area (Å²) in [6, 6.07) is 4.05. The van der Waals surface area contributed by atoms with Crippen molar-refractivity contribution in [2.45, 2.75) is 6.92 Å². The second-order valence-corrected chi connectivity index (χ2v) is 10.1. The molecule has 26 heavy (non-hydrogen) atoms. The predicted octanol–water partition coefficient (Wildman–Crippen LogP) is 4.66. The Hall–Kier alpha value is -2.22. The topological polar surface area (TPSA) is 40.6 Å². The third-order valence-corrected chi connectivity index (χ3v) is 7.56. The molecule has 0 radical (unpaired) electrons. The van der Waals surface area contributed by atoms with Crippen LogP contribution in [0.5, 0.6) is 0 Å². The molecule has 0 N–H and O–H groups in total. The number of carbonyl (C=O) groups is 2. The van der Waals surface area contributed by atoms with E-state index in [0.717, 1.165) is 35.2 Å². The van der Waals surface area contributed by atoms with Gasteiger partial charge < -0.3 is 0 Å². The van der Waals surface area contributed by atoms with Gasteiger partial charge in [-0.25, -0.2) is 0 Å². The summed E-state index contributed by atoms with van der Waals surface area (Å²) in [5, 5.41) is 0. The normalized spacial score (nSPS) is 19.3. The van der Waals surface area contributed by atoms with Crippen molar-refractivity contribution in [1.82, 2.24) is 9.80 Å². The molecule has 0 fully saturated rings. The van der Waals surface area contributed by atoms with Gasteiger partial charge in [0.2, 0.25) is 0 Å². The van der Waals surface area contributed by atoms with Crippen molar-refractivity contribution in [3.63, 3.8) is 0 Å². The molecule has 0 saturated heterocycles. The van der Waals surface area contributed by atoms with Crippen LogP contribution in [-0.4, -0.2) is 21.6 Å². The number of aryl methyl sites for hydroxylation is 1. The number of carbonyl (C=O) groups excluding carboxylic acids is 2. The van der Waals surface area contributed by atoms with Crippen LogP contribution in [-0.2, 0) is 9.59 Å². The third kappa shape index (κ3) is 1.64. The van der Waals surface area contributed by atoms with Gasteiger partial charge in [0.1, 0.15) is 0 Å². The second-order valence-electron chi connectivity index (χ2n) is 6.39. The number of nitrogens with zero attached hydrogens (tertiary/aromatic N) is 2. The first-order valence-corrected chi connectivity index (χ1v) is 10.4. The largest absolute Gasteiger partial charge is 0.282 e. The molecule has 2 aromatic rings. The summed E-state index contributed by atoms with van der Waals surface area (Å²) in [4.78, 5) is 33.0. The van der Waals surface area contributed by atoms with Crippen LogP contribution >= 0.6 is 38.6 Å². The third-order valence-electron chi connectivity index (χ3n) is 4.95. The zero-order valence-corrected chi connectivity index (χ0v) is 16.6. The van der Waals surface area contributed by atoms with Gasteiger partial charge in [0.05, 0.1) is 26.3 Å². The molecular weight excluding hydrogens is 432 g/mol. The zero-order chi connectivity index (χ0) is 17.7. The SMILES string of the molecule is Cc1cc2c(s1)C=CN1C(=O)C3=C4c5cc(Br)sc5C=CN4C(=O)C3=C21. The van der Waals surface area contributed by atoms with E-state index in [0.29, 0.717) is 16.8 Å². The Morgan fingerprint density at radius 2 is 1.38 bits per heavy atom. The summed E-state index contributed by atoms with van der Waals surface area (Å²) in [6.45, 7) is 2.04. The Balaban J connectivity index is 1.71. The summed E-state index contributed by atoms with van der Waals surface area (Å²) < 4.78 is 0.981. The maximum absolute atomic E-state index is 13.2. The summed E-state index contributed by atoms with van der Waals surface area (Å²) in [6.07, 6.45) is 7.45. The highest BCUT2D eigenvalue weighted by molar-refractivity contribution is 9.11. The summed E-state index contributed by atoms with van der Waals surface area (Å²) >= 11 is 6.79. The summed E-state index contributed by atoms with van der Waals surface area (Å²) in [7, 11) is 0. The first-order valence-electron chi connectivity index (χ1n) is 7.97. The van der Waals surface area contributed by atoms with E-state index in [1.54, 1.807) is 44.9 Å². The number of halogens is 1. The van der Waals surface area contributed by atoms with Crippen molar-refractivity contribution >= 4 is 74.0 Å². The smallest absolute Gasteiger partial charge is 0.265 e. The molecule has 4 nitrogen and oxygen atoms in total. The van der Waals surface area contributed by atoms with Crippen molar-refractivity contribution in [2.75, 3.05) is 0 Å². The van der Waals surface area contributed by atoms with E-state index in [4.69, 9.17) is 0 Å². The molecule has 0 bridgehead atoms. The van der Waals surface area contributed by atoms with Crippen molar-refractivity contribution in [3.05, 3.63) is 65.2 Å². The average Bonchev–Trinajstić information content (AvgIpc) is 3.30. The Morgan fingerprint density at radius 1 is 0.846 bits per heavy atom. The van der Waals surface area contributed by atoms with Crippen molar-refractivity contribution in [1.29, 1.82) is 0 Å². The Bertz CT molecular complexity index is 1110. The van der Waals surface area contributed by atoms with Gasteiger partial charge in [-0.05, 0) is 47.1 Å².